The van der Waals surface area contributed by atoms with E-state index in [0.29, 0.717) is 6.42 Å². The number of carbonyl (C=O) groups is 1. The van der Waals surface area contributed by atoms with E-state index in [9.17, 15) is 4.79 Å². The smallest absolute Gasteiger partial charge is 0.309 e. The number of nitrogens with zero attached hydrogens (tertiary/aromatic N) is 1. The molecule has 0 spiro atoms. The molecule has 0 aromatic carbocycles. The van der Waals surface area contributed by atoms with Crippen molar-refractivity contribution >= 4 is 12.0 Å². The Balaban J connectivity index is 2.45. The standard InChI is InChI=1S/C10H11NO2/c1-13-10(12)4-2-3-9-5-7-11-8-6-9/h2-3,5-8H,4H2,1H3/b3-2-. The maximum Gasteiger partial charge on any atom is 0.309 e. The molecule has 0 N–H and O–H groups in total. The number of ether oxygens (including phenoxy) is 1. The summed E-state index contributed by atoms with van der Waals surface area (Å²) >= 11 is 0. The van der Waals surface area contributed by atoms with Gasteiger partial charge in [0.2, 0.25) is 0 Å². The summed E-state index contributed by atoms with van der Waals surface area (Å²) in [6.45, 7) is 0. The quantitative estimate of drug-likeness (QED) is 0.659. The lowest BCUT2D eigenvalue weighted by atomic mass is 10.2. The molecule has 0 bridgehead atoms. The van der Waals surface area contributed by atoms with Crippen LogP contribution in [-0.4, -0.2) is 18.1 Å². The predicted molar refractivity (Wildman–Crippen MR) is 49.9 cm³/mol. The Bertz CT molecular complexity index is 293. The molecule has 1 heterocycles. The molecule has 0 saturated heterocycles. The maximum atomic E-state index is 10.7. The Kier molecular flexibility index (Phi) is 3.70. The molecule has 0 aliphatic carbocycles. The number of aromatic nitrogens is 1. The zero-order valence-corrected chi connectivity index (χ0v) is 7.43. The highest BCUT2D eigenvalue weighted by Gasteiger charge is 1.93. The molecule has 13 heavy (non-hydrogen) atoms. The third-order valence-corrected chi connectivity index (χ3v) is 1.53. The largest absolute Gasteiger partial charge is 0.469 e. The number of methoxy groups -OCH3 is 1. The summed E-state index contributed by atoms with van der Waals surface area (Å²) in [6.07, 6.45) is 7.34. The normalized spacial score (nSPS) is 10.2. The van der Waals surface area contributed by atoms with Crippen molar-refractivity contribution in [2.45, 2.75) is 6.42 Å². The maximum absolute atomic E-state index is 10.7. The predicted octanol–water partition coefficient (Wildman–Crippen LogP) is 1.66. The molecule has 0 fully saturated rings. The lowest BCUT2D eigenvalue weighted by Crippen LogP contribution is -1.96. The van der Waals surface area contributed by atoms with Crippen molar-refractivity contribution in [2.24, 2.45) is 0 Å². The highest BCUT2D eigenvalue weighted by molar-refractivity contribution is 5.72. The summed E-state index contributed by atoms with van der Waals surface area (Å²) in [7, 11) is 1.38. The van der Waals surface area contributed by atoms with Gasteiger partial charge in [-0.3, -0.25) is 9.78 Å². The molecular weight excluding hydrogens is 166 g/mol. The van der Waals surface area contributed by atoms with Gasteiger partial charge >= 0.3 is 5.97 Å². The summed E-state index contributed by atoms with van der Waals surface area (Å²) < 4.78 is 4.49. The van der Waals surface area contributed by atoms with Gasteiger partial charge in [-0.2, -0.15) is 0 Å². The van der Waals surface area contributed by atoms with Crippen molar-refractivity contribution in [2.75, 3.05) is 7.11 Å². The van der Waals surface area contributed by atoms with Crippen LogP contribution in [0.1, 0.15) is 12.0 Å². The summed E-state index contributed by atoms with van der Waals surface area (Å²) in [5, 5.41) is 0. The van der Waals surface area contributed by atoms with E-state index in [2.05, 4.69) is 9.72 Å². The SMILES string of the molecule is COC(=O)C/C=C\c1ccncc1. The minimum atomic E-state index is -0.231. The Hall–Kier alpha value is -1.64. The van der Waals surface area contributed by atoms with Crippen LogP contribution in [0.15, 0.2) is 30.6 Å². The second kappa shape index (κ2) is 5.09. The van der Waals surface area contributed by atoms with Crippen LogP contribution < -0.4 is 0 Å². The highest BCUT2D eigenvalue weighted by atomic mass is 16.5. The second-order valence-electron chi connectivity index (χ2n) is 2.46. The van der Waals surface area contributed by atoms with Crippen LogP contribution in [0.4, 0.5) is 0 Å². The number of carbonyl (C=O) groups excluding carboxylic acids is 1. The summed E-state index contributed by atoms with van der Waals surface area (Å²) in [6, 6.07) is 3.74. The van der Waals surface area contributed by atoms with Crippen LogP contribution in [0.3, 0.4) is 0 Å². The van der Waals surface area contributed by atoms with Gasteiger partial charge in [0.25, 0.3) is 0 Å². The molecule has 1 rings (SSSR count). The van der Waals surface area contributed by atoms with E-state index in [1.54, 1.807) is 18.5 Å². The summed E-state index contributed by atoms with van der Waals surface area (Å²) in [4.78, 5) is 14.6. The van der Waals surface area contributed by atoms with Gasteiger partial charge < -0.3 is 4.74 Å². The van der Waals surface area contributed by atoms with Gasteiger partial charge in [-0.05, 0) is 17.7 Å². The van der Waals surface area contributed by atoms with Gasteiger partial charge in [0.15, 0.2) is 0 Å². The van der Waals surface area contributed by atoms with Crippen LogP contribution >= 0.6 is 0 Å². The first-order valence-electron chi connectivity index (χ1n) is 3.96. The zero-order valence-electron chi connectivity index (χ0n) is 7.43. The molecule has 0 amide bonds. The zero-order chi connectivity index (χ0) is 9.52. The van der Waals surface area contributed by atoms with Crippen LogP contribution in [0.2, 0.25) is 0 Å². The molecule has 0 radical (unpaired) electrons. The van der Waals surface area contributed by atoms with Gasteiger partial charge in [-0.1, -0.05) is 12.2 Å². The fourth-order valence-corrected chi connectivity index (χ4v) is 0.849. The first-order chi connectivity index (χ1) is 6.33. The lowest BCUT2D eigenvalue weighted by Gasteiger charge is -1.92. The molecule has 0 aliphatic heterocycles. The fraction of sp³-hybridized carbons (Fsp3) is 0.200. The molecule has 0 unspecified atom stereocenters. The topological polar surface area (TPSA) is 39.2 Å². The number of esters is 1. The van der Waals surface area contributed by atoms with Crippen molar-refractivity contribution in [3.8, 4) is 0 Å². The molecule has 1 aromatic rings. The van der Waals surface area contributed by atoms with Gasteiger partial charge in [-0.25, -0.2) is 0 Å². The number of rotatable bonds is 3. The van der Waals surface area contributed by atoms with Crippen molar-refractivity contribution in [1.82, 2.24) is 4.98 Å². The van der Waals surface area contributed by atoms with Gasteiger partial charge in [0.05, 0.1) is 13.5 Å². The van der Waals surface area contributed by atoms with E-state index in [0.717, 1.165) is 5.56 Å². The van der Waals surface area contributed by atoms with Crippen molar-refractivity contribution in [3.05, 3.63) is 36.2 Å². The monoisotopic (exact) mass is 177 g/mol. The summed E-state index contributed by atoms with van der Waals surface area (Å²) in [5.41, 5.74) is 1.03. The van der Waals surface area contributed by atoms with E-state index in [1.807, 2.05) is 18.2 Å². The van der Waals surface area contributed by atoms with E-state index < -0.39 is 0 Å². The Morgan fingerprint density at radius 3 is 2.85 bits per heavy atom. The highest BCUT2D eigenvalue weighted by Crippen LogP contribution is 2.00. The second-order valence-corrected chi connectivity index (χ2v) is 2.46. The molecule has 3 nitrogen and oxygen atoms in total. The lowest BCUT2D eigenvalue weighted by molar-refractivity contribution is -0.139. The van der Waals surface area contributed by atoms with Gasteiger partial charge in [-0.15, -0.1) is 0 Å². The first-order valence-corrected chi connectivity index (χ1v) is 3.96. The van der Waals surface area contributed by atoms with Crippen LogP contribution in [0.25, 0.3) is 6.08 Å². The van der Waals surface area contributed by atoms with Crippen molar-refractivity contribution in [3.63, 3.8) is 0 Å². The molecule has 3 heteroatoms. The number of hydrogen-bond acceptors (Lipinski definition) is 3. The third kappa shape index (κ3) is 3.51. The van der Waals surface area contributed by atoms with Crippen molar-refractivity contribution < 1.29 is 9.53 Å². The Labute approximate surface area is 77.1 Å². The van der Waals surface area contributed by atoms with Crippen LogP contribution in [0.5, 0.6) is 0 Å². The fourth-order valence-electron chi connectivity index (χ4n) is 0.849. The molecule has 0 saturated carbocycles. The van der Waals surface area contributed by atoms with Crippen molar-refractivity contribution in [1.29, 1.82) is 0 Å². The molecule has 0 aliphatic rings. The summed E-state index contributed by atoms with van der Waals surface area (Å²) in [5.74, 6) is -0.231. The third-order valence-electron chi connectivity index (χ3n) is 1.53. The van der Waals surface area contributed by atoms with E-state index in [1.165, 1.54) is 7.11 Å². The minimum Gasteiger partial charge on any atom is -0.469 e. The van der Waals surface area contributed by atoms with Gasteiger partial charge in [0, 0.05) is 12.4 Å². The minimum absolute atomic E-state index is 0.231. The Morgan fingerprint density at radius 2 is 2.23 bits per heavy atom. The average molecular weight is 177 g/mol. The first kappa shape index (κ1) is 9.45. The molecule has 68 valence electrons. The van der Waals surface area contributed by atoms with Gasteiger partial charge in [0.1, 0.15) is 0 Å². The van der Waals surface area contributed by atoms with E-state index in [-0.39, 0.29) is 5.97 Å². The number of pyridine rings is 1. The molecular formula is C10H11NO2. The van der Waals surface area contributed by atoms with E-state index in [4.69, 9.17) is 0 Å². The average Bonchev–Trinajstić information content (AvgIpc) is 2.19. The molecule has 0 atom stereocenters. The van der Waals surface area contributed by atoms with E-state index >= 15 is 0 Å². The molecule has 1 aromatic heterocycles. The van der Waals surface area contributed by atoms with Crippen LogP contribution in [0, 0.1) is 0 Å². The van der Waals surface area contributed by atoms with Crippen LogP contribution in [-0.2, 0) is 9.53 Å². The Morgan fingerprint density at radius 1 is 1.54 bits per heavy atom. The number of hydrogen-bond donors (Lipinski definition) is 0.